The molecule has 0 N–H and O–H groups in total. The fourth-order valence-electron chi connectivity index (χ4n) is 9.45. The molecule has 0 atom stereocenters. The van der Waals surface area contributed by atoms with E-state index < -0.39 is 0 Å². The van der Waals surface area contributed by atoms with Gasteiger partial charge in [-0.3, -0.25) is 0 Å². The minimum atomic E-state index is 0.899. The third kappa shape index (κ3) is 6.38. The van der Waals surface area contributed by atoms with Crippen LogP contribution in [0, 0.1) is 0 Å². The van der Waals surface area contributed by atoms with Crippen molar-refractivity contribution in [3.05, 3.63) is 243 Å². The van der Waals surface area contributed by atoms with E-state index in [4.69, 9.17) is 4.42 Å². The minimum absolute atomic E-state index is 0.899. The highest BCUT2D eigenvalue weighted by Crippen LogP contribution is 2.43. The molecule has 296 valence electrons. The normalized spacial score (nSPS) is 11.5. The largest absolute Gasteiger partial charge is 0.456 e. The number of benzene rings is 10. The molecule has 0 amide bonds. The number of para-hydroxylation sites is 4. The van der Waals surface area contributed by atoms with Crippen LogP contribution >= 0.6 is 0 Å². The van der Waals surface area contributed by atoms with Gasteiger partial charge in [-0.2, -0.15) is 0 Å². The van der Waals surface area contributed by atoms with Gasteiger partial charge in [-0.05, 0) is 106 Å². The predicted octanol–water partition coefficient (Wildman–Crippen LogP) is 16.8. The molecule has 0 spiro atoms. The SMILES string of the molecule is c1ccc(-c2ccccc2N(c2ccc(-c3ccc(-c4cccc(-n5c6ccccc6c6ccccc65)c4)cc3)cc2)c2ccc(-c3cccc4oc5ccccc5c34)cc2)cc1. The number of fused-ring (bicyclic) bond motifs is 6. The second kappa shape index (κ2) is 15.3. The molecule has 0 radical (unpaired) electrons. The number of aromatic nitrogens is 1. The van der Waals surface area contributed by atoms with Gasteiger partial charge in [0.2, 0.25) is 0 Å². The molecular formula is C60H40N2O. The van der Waals surface area contributed by atoms with Crippen LogP contribution in [0.3, 0.4) is 0 Å². The van der Waals surface area contributed by atoms with Gasteiger partial charge in [0, 0.05) is 44.2 Å². The van der Waals surface area contributed by atoms with Crippen LogP contribution in [0.4, 0.5) is 17.1 Å². The second-order valence-electron chi connectivity index (χ2n) is 16.1. The molecular weight excluding hydrogens is 765 g/mol. The number of furan rings is 1. The number of anilines is 3. The topological polar surface area (TPSA) is 21.3 Å². The van der Waals surface area contributed by atoms with Crippen molar-refractivity contribution in [3.8, 4) is 50.2 Å². The van der Waals surface area contributed by atoms with Gasteiger partial charge in [0.1, 0.15) is 11.2 Å². The van der Waals surface area contributed by atoms with Crippen molar-refractivity contribution in [2.24, 2.45) is 0 Å². The molecule has 0 aliphatic rings. The first-order valence-electron chi connectivity index (χ1n) is 21.5. The van der Waals surface area contributed by atoms with E-state index >= 15 is 0 Å². The van der Waals surface area contributed by atoms with Crippen LogP contribution in [0.25, 0.3) is 93.9 Å². The molecule has 0 fully saturated rings. The lowest BCUT2D eigenvalue weighted by molar-refractivity contribution is 0.669. The first-order chi connectivity index (χ1) is 31.2. The summed E-state index contributed by atoms with van der Waals surface area (Å²) in [7, 11) is 0. The molecule has 0 aliphatic heterocycles. The van der Waals surface area contributed by atoms with Gasteiger partial charge in [0.05, 0.1) is 16.7 Å². The smallest absolute Gasteiger partial charge is 0.136 e. The Labute approximate surface area is 366 Å². The third-order valence-corrected chi connectivity index (χ3v) is 12.4. The maximum absolute atomic E-state index is 6.25. The van der Waals surface area contributed by atoms with Crippen LogP contribution in [-0.4, -0.2) is 4.57 Å². The summed E-state index contributed by atoms with van der Waals surface area (Å²) in [5.74, 6) is 0. The molecule has 10 aromatic carbocycles. The molecule has 2 heterocycles. The van der Waals surface area contributed by atoms with Crippen LogP contribution < -0.4 is 4.90 Å². The van der Waals surface area contributed by atoms with Gasteiger partial charge in [-0.1, -0.05) is 176 Å². The molecule has 2 aromatic heterocycles. The summed E-state index contributed by atoms with van der Waals surface area (Å²) in [4.78, 5) is 2.37. The zero-order valence-corrected chi connectivity index (χ0v) is 34.4. The fourth-order valence-corrected chi connectivity index (χ4v) is 9.45. The van der Waals surface area contributed by atoms with Crippen molar-refractivity contribution >= 4 is 60.8 Å². The summed E-state index contributed by atoms with van der Waals surface area (Å²) in [6.07, 6.45) is 0. The lowest BCUT2D eigenvalue weighted by Gasteiger charge is -2.28. The third-order valence-electron chi connectivity index (χ3n) is 12.4. The van der Waals surface area contributed by atoms with E-state index in [1.54, 1.807) is 0 Å². The molecule has 12 aromatic rings. The Bertz CT molecular complexity index is 3550. The molecule has 3 heteroatoms. The van der Waals surface area contributed by atoms with Gasteiger partial charge >= 0.3 is 0 Å². The minimum Gasteiger partial charge on any atom is -0.456 e. The van der Waals surface area contributed by atoms with E-state index in [9.17, 15) is 0 Å². The summed E-state index contributed by atoms with van der Waals surface area (Å²) < 4.78 is 8.62. The van der Waals surface area contributed by atoms with E-state index in [-0.39, 0.29) is 0 Å². The summed E-state index contributed by atoms with van der Waals surface area (Å²) in [6, 6.07) is 87.0. The van der Waals surface area contributed by atoms with E-state index in [1.165, 1.54) is 49.6 Å². The first-order valence-corrected chi connectivity index (χ1v) is 21.5. The van der Waals surface area contributed by atoms with Crippen LogP contribution in [0.1, 0.15) is 0 Å². The number of rotatable bonds is 8. The second-order valence-corrected chi connectivity index (χ2v) is 16.1. The molecule has 0 bridgehead atoms. The van der Waals surface area contributed by atoms with E-state index in [0.717, 1.165) is 61.4 Å². The summed E-state index contributed by atoms with van der Waals surface area (Å²) >= 11 is 0. The first kappa shape index (κ1) is 36.5. The van der Waals surface area contributed by atoms with Crippen molar-refractivity contribution in [3.63, 3.8) is 0 Å². The monoisotopic (exact) mass is 804 g/mol. The maximum atomic E-state index is 6.25. The molecule has 0 saturated heterocycles. The highest BCUT2D eigenvalue weighted by atomic mass is 16.3. The zero-order chi connectivity index (χ0) is 41.7. The Kier molecular flexibility index (Phi) is 8.83. The number of hydrogen-bond acceptors (Lipinski definition) is 2. The van der Waals surface area contributed by atoms with Crippen LogP contribution in [0.15, 0.2) is 247 Å². The Morgan fingerprint density at radius 2 is 0.794 bits per heavy atom. The van der Waals surface area contributed by atoms with Crippen LogP contribution in [0.2, 0.25) is 0 Å². The average Bonchev–Trinajstić information content (AvgIpc) is 3.91. The highest BCUT2D eigenvalue weighted by molar-refractivity contribution is 6.12. The Hall–Kier alpha value is -8.40. The Morgan fingerprint density at radius 1 is 0.317 bits per heavy atom. The summed E-state index contributed by atoms with van der Waals surface area (Å²) in [5.41, 5.74) is 18.0. The van der Waals surface area contributed by atoms with E-state index in [0.29, 0.717) is 0 Å². The van der Waals surface area contributed by atoms with E-state index in [2.05, 4.69) is 240 Å². The molecule has 0 unspecified atom stereocenters. The standard InChI is InChI=1S/C60H40N2O/c1-2-14-44(15-3-1)50-18-4-8-23-55(50)61(48-38-34-45(35-39-48)51-22-13-27-59-60(51)54-21-7-11-26-58(54)63-59)47-36-32-42(33-37-47)41-28-30-43(31-29-41)46-16-12-17-49(40-46)62-56-24-9-5-19-52(56)53-20-6-10-25-57(53)62/h1-40H. The predicted molar refractivity (Wildman–Crippen MR) is 264 cm³/mol. The van der Waals surface area contributed by atoms with Crippen LogP contribution in [-0.2, 0) is 0 Å². The summed E-state index contributed by atoms with van der Waals surface area (Å²) in [5, 5.41) is 4.81. The number of hydrogen-bond donors (Lipinski definition) is 0. The van der Waals surface area contributed by atoms with Crippen molar-refractivity contribution in [1.29, 1.82) is 0 Å². The molecule has 12 rings (SSSR count). The zero-order valence-electron chi connectivity index (χ0n) is 34.4. The van der Waals surface area contributed by atoms with Crippen LogP contribution in [0.5, 0.6) is 0 Å². The lowest BCUT2D eigenvalue weighted by Crippen LogP contribution is -2.11. The van der Waals surface area contributed by atoms with Crippen molar-refractivity contribution in [2.75, 3.05) is 4.90 Å². The lowest BCUT2D eigenvalue weighted by atomic mass is 9.98. The van der Waals surface area contributed by atoms with Gasteiger partial charge in [-0.15, -0.1) is 0 Å². The van der Waals surface area contributed by atoms with Gasteiger partial charge in [0.25, 0.3) is 0 Å². The molecule has 3 nitrogen and oxygen atoms in total. The molecule has 0 aliphatic carbocycles. The van der Waals surface area contributed by atoms with Crippen molar-refractivity contribution < 1.29 is 4.42 Å². The molecule has 63 heavy (non-hydrogen) atoms. The highest BCUT2D eigenvalue weighted by Gasteiger charge is 2.19. The van der Waals surface area contributed by atoms with Gasteiger partial charge in [-0.25, -0.2) is 0 Å². The summed E-state index contributed by atoms with van der Waals surface area (Å²) in [6.45, 7) is 0. The molecule has 0 saturated carbocycles. The van der Waals surface area contributed by atoms with Crippen molar-refractivity contribution in [1.82, 2.24) is 4.57 Å². The average molecular weight is 805 g/mol. The van der Waals surface area contributed by atoms with Gasteiger partial charge < -0.3 is 13.9 Å². The van der Waals surface area contributed by atoms with E-state index in [1.807, 2.05) is 12.1 Å². The van der Waals surface area contributed by atoms with Crippen molar-refractivity contribution in [2.45, 2.75) is 0 Å². The quantitative estimate of drug-likeness (QED) is 0.153. The Balaban J connectivity index is 0.889. The number of nitrogens with zero attached hydrogens (tertiary/aromatic N) is 2. The Morgan fingerprint density at radius 3 is 1.49 bits per heavy atom. The maximum Gasteiger partial charge on any atom is 0.136 e. The fraction of sp³-hybridized carbons (Fsp3) is 0. The van der Waals surface area contributed by atoms with Gasteiger partial charge in [0.15, 0.2) is 0 Å².